The first kappa shape index (κ1) is 36.8. The Morgan fingerprint density at radius 3 is 1.77 bits per heavy atom. The monoisotopic (exact) mass is 705 g/mol. The molecule has 0 bridgehead atoms. The minimum absolute atomic E-state index is 0.00424. The summed E-state index contributed by atoms with van der Waals surface area (Å²) < 4.78 is 17.0. The van der Waals surface area contributed by atoms with Crippen molar-refractivity contribution in [2.75, 3.05) is 46.3 Å². The lowest BCUT2D eigenvalue weighted by molar-refractivity contribution is -0.144. The molecule has 0 saturated carbocycles. The van der Waals surface area contributed by atoms with Gasteiger partial charge in [0.25, 0.3) is 5.91 Å². The number of rotatable bonds is 16. The fraction of sp³-hybridized carbons (Fsp3) is 0.205. The Morgan fingerprint density at radius 1 is 0.750 bits per heavy atom. The molecule has 5 rings (SSSR count). The van der Waals surface area contributed by atoms with Crippen LogP contribution in [0.4, 0.5) is 5.82 Å². The van der Waals surface area contributed by atoms with Crippen LogP contribution in [0.3, 0.4) is 0 Å². The lowest BCUT2D eigenvalue weighted by Crippen LogP contribution is -2.49. The zero-order valence-electron chi connectivity index (χ0n) is 28.9. The molecule has 2 amide bonds. The Kier molecular flexibility index (Phi) is 12.0. The molecule has 268 valence electrons. The Morgan fingerprint density at radius 2 is 1.27 bits per heavy atom. The van der Waals surface area contributed by atoms with Gasteiger partial charge in [-0.1, -0.05) is 54.6 Å². The quantitative estimate of drug-likeness (QED) is 0.128. The number of carbonyl (C=O) groups is 3. The molecule has 0 aliphatic carbocycles. The number of aliphatic carboxylic acids is 1. The molecule has 0 spiro atoms. The number of nitrogens with zero attached hydrogens (tertiary/aromatic N) is 3. The van der Waals surface area contributed by atoms with Crippen LogP contribution in [-0.2, 0) is 21.7 Å². The first-order chi connectivity index (χ1) is 25.2. The summed E-state index contributed by atoms with van der Waals surface area (Å²) in [7, 11) is 4.70. The SMILES string of the molecule is COc1ccc(C(=O)Nc2ccn(CC(=O)N(CCNC(c3ccccc3)(c3ccc(OC)cc3)c3ccc(OC)cc3)CC(=O)O)c(=O)n2)cc1. The van der Waals surface area contributed by atoms with Gasteiger partial charge in [0.15, 0.2) is 0 Å². The summed E-state index contributed by atoms with van der Waals surface area (Å²) in [6.45, 7) is -0.908. The van der Waals surface area contributed by atoms with Crippen LogP contribution in [0.15, 0.2) is 120 Å². The van der Waals surface area contributed by atoms with E-state index in [1.807, 2.05) is 78.9 Å². The molecule has 3 N–H and O–H groups in total. The average Bonchev–Trinajstić information content (AvgIpc) is 3.17. The summed E-state index contributed by atoms with van der Waals surface area (Å²) >= 11 is 0. The van der Waals surface area contributed by atoms with Gasteiger partial charge in [-0.2, -0.15) is 4.98 Å². The highest BCUT2D eigenvalue weighted by Gasteiger charge is 2.36. The van der Waals surface area contributed by atoms with Crippen LogP contribution in [0.25, 0.3) is 0 Å². The van der Waals surface area contributed by atoms with Gasteiger partial charge in [-0.15, -0.1) is 0 Å². The van der Waals surface area contributed by atoms with Crippen LogP contribution in [0.5, 0.6) is 17.2 Å². The Bertz CT molecular complexity index is 1990. The number of carboxylic acid groups (broad SMARTS) is 1. The van der Waals surface area contributed by atoms with Crippen LogP contribution in [0, 0.1) is 0 Å². The molecule has 13 nitrogen and oxygen atoms in total. The smallest absolute Gasteiger partial charge is 0.349 e. The van der Waals surface area contributed by atoms with Crippen LogP contribution < -0.4 is 30.5 Å². The molecule has 0 unspecified atom stereocenters. The molecule has 1 aromatic heterocycles. The third-order valence-electron chi connectivity index (χ3n) is 8.48. The number of amides is 2. The highest BCUT2D eigenvalue weighted by atomic mass is 16.5. The minimum Gasteiger partial charge on any atom is -0.497 e. The molecule has 0 aliphatic rings. The number of ether oxygens (including phenoxy) is 3. The summed E-state index contributed by atoms with van der Waals surface area (Å²) in [5.41, 5.74) is 1.24. The Balaban J connectivity index is 1.37. The second-order valence-electron chi connectivity index (χ2n) is 11.6. The maximum Gasteiger partial charge on any atom is 0.349 e. The van der Waals surface area contributed by atoms with Crippen molar-refractivity contribution in [1.82, 2.24) is 19.8 Å². The average molecular weight is 706 g/mol. The van der Waals surface area contributed by atoms with Gasteiger partial charge in [0.1, 0.15) is 36.2 Å². The first-order valence-corrected chi connectivity index (χ1v) is 16.3. The van der Waals surface area contributed by atoms with Crippen LogP contribution >= 0.6 is 0 Å². The highest BCUT2D eigenvalue weighted by molar-refractivity contribution is 6.03. The number of carboxylic acids is 1. The van der Waals surface area contributed by atoms with Gasteiger partial charge in [-0.05, 0) is 71.3 Å². The van der Waals surface area contributed by atoms with E-state index in [0.717, 1.165) is 21.3 Å². The molecule has 0 fully saturated rings. The van der Waals surface area contributed by atoms with E-state index in [1.165, 1.54) is 24.3 Å². The maximum atomic E-state index is 13.5. The molecular formula is C39H39N5O8. The van der Waals surface area contributed by atoms with E-state index in [4.69, 9.17) is 14.2 Å². The number of anilines is 1. The molecule has 0 atom stereocenters. The zero-order chi connectivity index (χ0) is 37.1. The molecule has 52 heavy (non-hydrogen) atoms. The van der Waals surface area contributed by atoms with Crippen molar-refractivity contribution in [3.63, 3.8) is 0 Å². The normalized spacial score (nSPS) is 11.0. The van der Waals surface area contributed by atoms with E-state index in [1.54, 1.807) is 38.5 Å². The third kappa shape index (κ3) is 8.63. The van der Waals surface area contributed by atoms with E-state index in [0.29, 0.717) is 22.8 Å². The fourth-order valence-corrected chi connectivity index (χ4v) is 5.81. The summed E-state index contributed by atoms with van der Waals surface area (Å²) in [4.78, 5) is 56.1. The largest absolute Gasteiger partial charge is 0.497 e. The van der Waals surface area contributed by atoms with E-state index < -0.39 is 42.1 Å². The maximum absolute atomic E-state index is 13.5. The minimum atomic E-state index is -1.21. The number of carbonyl (C=O) groups excluding carboxylic acids is 2. The van der Waals surface area contributed by atoms with Crippen molar-refractivity contribution >= 4 is 23.6 Å². The van der Waals surface area contributed by atoms with E-state index >= 15 is 0 Å². The molecule has 0 saturated heterocycles. The topological polar surface area (TPSA) is 161 Å². The summed E-state index contributed by atoms with van der Waals surface area (Å²) in [6.07, 6.45) is 1.32. The summed E-state index contributed by atoms with van der Waals surface area (Å²) in [6, 6.07) is 32.8. The van der Waals surface area contributed by atoms with Gasteiger partial charge >= 0.3 is 11.7 Å². The fourth-order valence-electron chi connectivity index (χ4n) is 5.81. The van der Waals surface area contributed by atoms with Gasteiger partial charge in [0.05, 0.1) is 26.9 Å². The van der Waals surface area contributed by atoms with Crippen molar-refractivity contribution in [3.05, 3.63) is 148 Å². The number of hydrogen-bond donors (Lipinski definition) is 3. The predicted molar refractivity (Wildman–Crippen MR) is 194 cm³/mol. The van der Waals surface area contributed by atoms with Gasteiger partial charge in [-0.3, -0.25) is 24.3 Å². The lowest BCUT2D eigenvalue weighted by atomic mass is 9.77. The van der Waals surface area contributed by atoms with Gasteiger partial charge in [-0.25, -0.2) is 4.79 Å². The van der Waals surface area contributed by atoms with Crippen molar-refractivity contribution in [1.29, 1.82) is 0 Å². The van der Waals surface area contributed by atoms with E-state index in [2.05, 4.69) is 15.6 Å². The van der Waals surface area contributed by atoms with Crippen LogP contribution in [0.1, 0.15) is 27.0 Å². The van der Waals surface area contributed by atoms with Crippen molar-refractivity contribution in [3.8, 4) is 17.2 Å². The van der Waals surface area contributed by atoms with Crippen molar-refractivity contribution in [2.24, 2.45) is 0 Å². The second kappa shape index (κ2) is 17.0. The molecule has 1 heterocycles. The van der Waals surface area contributed by atoms with E-state index in [9.17, 15) is 24.3 Å². The molecule has 0 radical (unpaired) electrons. The van der Waals surface area contributed by atoms with Crippen molar-refractivity contribution in [2.45, 2.75) is 12.1 Å². The standard InChI is InChI=1S/C39H39N5O8/c1-50-31-15-9-27(10-16-31)37(48)41-34-21-23-44(38(49)42-34)25-35(45)43(26-36(46)47)24-22-40-39(28-7-5-4-6-8-28,29-11-17-32(51-2)18-12-29)30-13-19-33(52-3)20-14-30/h4-21,23,40H,22,24-26H2,1-3H3,(H,46,47)(H,41,42,48,49). The van der Waals surface area contributed by atoms with Crippen LogP contribution in [0.2, 0.25) is 0 Å². The van der Waals surface area contributed by atoms with Gasteiger partial charge in [0.2, 0.25) is 5.91 Å². The Labute approximate surface area is 300 Å². The third-order valence-corrected chi connectivity index (χ3v) is 8.48. The number of benzene rings is 4. The molecule has 13 heteroatoms. The number of methoxy groups -OCH3 is 3. The number of hydrogen-bond acceptors (Lipinski definition) is 9. The number of nitrogens with one attached hydrogen (secondary N) is 2. The van der Waals surface area contributed by atoms with Gasteiger partial charge < -0.3 is 29.5 Å². The van der Waals surface area contributed by atoms with E-state index in [-0.39, 0.29) is 18.9 Å². The zero-order valence-corrected chi connectivity index (χ0v) is 28.9. The summed E-state index contributed by atoms with van der Waals surface area (Å²) in [5.74, 6) is -0.376. The summed E-state index contributed by atoms with van der Waals surface area (Å²) in [5, 5.41) is 15.9. The molecule has 5 aromatic rings. The Hall–Kier alpha value is -6.47. The number of aromatic nitrogens is 2. The lowest BCUT2D eigenvalue weighted by Gasteiger charge is -2.38. The van der Waals surface area contributed by atoms with Gasteiger partial charge in [0, 0.05) is 24.8 Å². The van der Waals surface area contributed by atoms with Crippen molar-refractivity contribution < 1.29 is 33.7 Å². The molecular weight excluding hydrogens is 666 g/mol. The highest BCUT2D eigenvalue weighted by Crippen LogP contribution is 2.38. The second-order valence-corrected chi connectivity index (χ2v) is 11.6. The predicted octanol–water partition coefficient (Wildman–Crippen LogP) is 4.02. The molecule has 0 aliphatic heterocycles. The van der Waals surface area contributed by atoms with Crippen LogP contribution in [-0.4, -0.2) is 78.3 Å². The first-order valence-electron chi connectivity index (χ1n) is 16.3. The molecule has 4 aromatic carbocycles.